The van der Waals surface area contributed by atoms with E-state index in [-0.39, 0.29) is 0 Å². The second-order valence-corrected chi connectivity index (χ2v) is 4.28. The first-order chi connectivity index (χ1) is 7.50. The Morgan fingerprint density at radius 3 is 2.69 bits per heavy atom. The Morgan fingerprint density at radius 1 is 1.44 bits per heavy atom. The highest BCUT2D eigenvalue weighted by atomic mass is 16.1. The molecule has 4 heteroatoms. The number of carbonyl (C=O) groups is 1. The molecule has 88 valence electrons. The molecule has 4 nitrogen and oxygen atoms in total. The number of hydrogen-bond donors (Lipinski definition) is 3. The van der Waals surface area contributed by atoms with Crippen molar-refractivity contribution in [3.05, 3.63) is 23.8 Å². The standard InChI is InChI=1S/C12H19N3O/c1-8(2)5-6-15-9-3-4-11(13)10(7-9)12(14)16/h3-4,7-8,15H,5-6,13H2,1-2H3,(H2,14,16). The minimum Gasteiger partial charge on any atom is -0.398 e. The minimum absolute atomic E-state index is 0.370. The van der Waals surface area contributed by atoms with Crippen molar-refractivity contribution in [2.45, 2.75) is 20.3 Å². The first-order valence-corrected chi connectivity index (χ1v) is 5.44. The number of anilines is 2. The van der Waals surface area contributed by atoms with E-state index in [1.54, 1.807) is 12.1 Å². The average Bonchev–Trinajstić information content (AvgIpc) is 2.19. The van der Waals surface area contributed by atoms with Crippen molar-refractivity contribution in [1.29, 1.82) is 0 Å². The summed E-state index contributed by atoms with van der Waals surface area (Å²) in [7, 11) is 0. The monoisotopic (exact) mass is 221 g/mol. The zero-order valence-corrected chi connectivity index (χ0v) is 9.79. The molecule has 1 rings (SSSR count). The van der Waals surface area contributed by atoms with Gasteiger partial charge in [0.05, 0.1) is 5.56 Å². The summed E-state index contributed by atoms with van der Waals surface area (Å²) in [6.45, 7) is 5.21. The van der Waals surface area contributed by atoms with E-state index in [1.807, 2.05) is 6.07 Å². The SMILES string of the molecule is CC(C)CCNc1ccc(N)c(C(N)=O)c1. The summed E-state index contributed by atoms with van der Waals surface area (Å²) in [6.07, 6.45) is 1.08. The molecular formula is C12H19N3O. The van der Waals surface area contributed by atoms with Gasteiger partial charge in [-0.1, -0.05) is 13.8 Å². The molecular weight excluding hydrogens is 202 g/mol. The van der Waals surface area contributed by atoms with Crippen LogP contribution in [0, 0.1) is 5.92 Å². The van der Waals surface area contributed by atoms with Crippen LogP contribution in [0.2, 0.25) is 0 Å². The maximum absolute atomic E-state index is 11.1. The van der Waals surface area contributed by atoms with Gasteiger partial charge >= 0.3 is 0 Å². The first-order valence-electron chi connectivity index (χ1n) is 5.44. The molecule has 0 bridgehead atoms. The van der Waals surface area contributed by atoms with Gasteiger partial charge < -0.3 is 16.8 Å². The number of amides is 1. The van der Waals surface area contributed by atoms with Crippen molar-refractivity contribution in [3.63, 3.8) is 0 Å². The first kappa shape index (κ1) is 12.4. The van der Waals surface area contributed by atoms with Gasteiger partial charge in [-0.05, 0) is 30.5 Å². The number of nitrogen functional groups attached to an aromatic ring is 1. The summed E-state index contributed by atoms with van der Waals surface area (Å²) in [5.41, 5.74) is 12.5. The van der Waals surface area contributed by atoms with E-state index in [2.05, 4.69) is 19.2 Å². The Kier molecular flexibility index (Phi) is 4.17. The number of primary amides is 1. The Hall–Kier alpha value is -1.71. The molecule has 0 saturated carbocycles. The zero-order valence-electron chi connectivity index (χ0n) is 9.79. The van der Waals surface area contributed by atoms with Crippen LogP contribution in [0.15, 0.2) is 18.2 Å². The van der Waals surface area contributed by atoms with Crippen LogP contribution in [0.4, 0.5) is 11.4 Å². The highest BCUT2D eigenvalue weighted by Gasteiger charge is 2.06. The van der Waals surface area contributed by atoms with Gasteiger partial charge in [-0.2, -0.15) is 0 Å². The van der Waals surface area contributed by atoms with Crippen molar-refractivity contribution in [2.24, 2.45) is 11.7 Å². The van der Waals surface area contributed by atoms with Crippen LogP contribution in [-0.4, -0.2) is 12.5 Å². The molecule has 0 aliphatic rings. The fourth-order valence-electron chi connectivity index (χ4n) is 1.38. The summed E-state index contributed by atoms with van der Waals surface area (Å²) in [6, 6.07) is 5.23. The third-order valence-corrected chi connectivity index (χ3v) is 2.37. The smallest absolute Gasteiger partial charge is 0.250 e. The Morgan fingerprint density at radius 2 is 2.12 bits per heavy atom. The molecule has 1 aromatic rings. The third kappa shape index (κ3) is 3.46. The second-order valence-electron chi connectivity index (χ2n) is 4.28. The number of rotatable bonds is 5. The predicted octanol–water partition coefficient (Wildman–Crippen LogP) is 1.83. The van der Waals surface area contributed by atoms with Gasteiger partial charge in [-0.3, -0.25) is 4.79 Å². The van der Waals surface area contributed by atoms with Gasteiger partial charge in [-0.25, -0.2) is 0 Å². The molecule has 0 saturated heterocycles. The molecule has 0 unspecified atom stereocenters. The van der Waals surface area contributed by atoms with Gasteiger partial charge in [-0.15, -0.1) is 0 Å². The molecule has 0 aliphatic heterocycles. The predicted molar refractivity (Wildman–Crippen MR) is 67.3 cm³/mol. The summed E-state index contributed by atoms with van der Waals surface area (Å²) in [5.74, 6) is 0.155. The second kappa shape index (κ2) is 5.39. The minimum atomic E-state index is -0.495. The van der Waals surface area contributed by atoms with E-state index >= 15 is 0 Å². The Bertz CT molecular complexity index is 375. The lowest BCUT2D eigenvalue weighted by Crippen LogP contribution is -2.14. The van der Waals surface area contributed by atoms with Crippen molar-refractivity contribution in [1.82, 2.24) is 0 Å². The highest BCUT2D eigenvalue weighted by molar-refractivity contribution is 5.98. The Balaban J connectivity index is 2.68. The number of nitrogens with one attached hydrogen (secondary N) is 1. The maximum atomic E-state index is 11.1. The van der Waals surface area contributed by atoms with E-state index in [0.29, 0.717) is 17.2 Å². The van der Waals surface area contributed by atoms with Crippen molar-refractivity contribution < 1.29 is 4.79 Å². The molecule has 0 spiro atoms. The summed E-state index contributed by atoms with van der Waals surface area (Å²) < 4.78 is 0. The average molecular weight is 221 g/mol. The highest BCUT2D eigenvalue weighted by Crippen LogP contribution is 2.17. The van der Waals surface area contributed by atoms with Gasteiger partial charge in [0.2, 0.25) is 0 Å². The quantitative estimate of drug-likeness (QED) is 0.663. The lowest BCUT2D eigenvalue weighted by molar-refractivity contribution is 0.100. The summed E-state index contributed by atoms with van der Waals surface area (Å²) in [4.78, 5) is 11.1. The maximum Gasteiger partial charge on any atom is 0.250 e. The molecule has 0 atom stereocenters. The molecule has 0 heterocycles. The van der Waals surface area contributed by atoms with Crippen LogP contribution in [-0.2, 0) is 0 Å². The van der Waals surface area contributed by atoms with Crippen LogP contribution in [0.25, 0.3) is 0 Å². The third-order valence-electron chi connectivity index (χ3n) is 2.37. The number of hydrogen-bond acceptors (Lipinski definition) is 3. The van der Waals surface area contributed by atoms with E-state index in [1.165, 1.54) is 0 Å². The van der Waals surface area contributed by atoms with Crippen LogP contribution >= 0.6 is 0 Å². The molecule has 0 aromatic heterocycles. The normalized spacial score (nSPS) is 10.4. The van der Waals surface area contributed by atoms with Crippen LogP contribution < -0.4 is 16.8 Å². The number of carbonyl (C=O) groups excluding carboxylic acids is 1. The molecule has 5 N–H and O–H groups in total. The number of nitrogens with two attached hydrogens (primary N) is 2. The lowest BCUT2D eigenvalue weighted by atomic mass is 10.1. The van der Waals surface area contributed by atoms with Crippen molar-refractivity contribution >= 4 is 17.3 Å². The van der Waals surface area contributed by atoms with Crippen molar-refractivity contribution in [2.75, 3.05) is 17.6 Å². The van der Waals surface area contributed by atoms with Gasteiger partial charge in [0, 0.05) is 17.9 Å². The lowest BCUT2D eigenvalue weighted by Gasteiger charge is -2.10. The number of benzene rings is 1. The van der Waals surface area contributed by atoms with Gasteiger partial charge in [0.25, 0.3) is 5.91 Å². The molecule has 0 fully saturated rings. The van der Waals surface area contributed by atoms with Crippen LogP contribution in [0.1, 0.15) is 30.6 Å². The van der Waals surface area contributed by atoms with E-state index < -0.39 is 5.91 Å². The molecule has 1 amide bonds. The van der Waals surface area contributed by atoms with Crippen LogP contribution in [0.5, 0.6) is 0 Å². The molecule has 16 heavy (non-hydrogen) atoms. The van der Waals surface area contributed by atoms with Gasteiger partial charge in [0.1, 0.15) is 0 Å². The van der Waals surface area contributed by atoms with E-state index in [0.717, 1.165) is 18.7 Å². The summed E-state index contributed by atoms with van der Waals surface area (Å²) >= 11 is 0. The van der Waals surface area contributed by atoms with Gasteiger partial charge in [0.15, 0.2) is 0 Å². The topological polar surface area (TPSA) is 81.1 Å². The van der Waals surface area contributed by atoms with Crippen LogP contribution in [0.3, 0.4) is 0 Å². The largest absolute Gasteiger partial charge is 0.398 e. The molecule has 0 radical (unpaired) electrons. The fourth-order valence-corrected chi connectivity index (χ4v) is 1.38. The van der Waals surface area contributed by atoms with E-state index in [9.17, 15) is 4.79 Å². The van der Waals surface area contributed by atoms with Crippen molar-refractivity contribution in [3.8, 4) is 0 Å². The zero-order chi connectivity index (χ0) is 12.1. The molecule has 1 aromatic carbocycles. The fraction of sp³-hybridized carbons (Fsp3) is 0.417. The summed E-state index contributed by atoms with van der Waals surface area (Å²) in [5, 5.41) is 3.24. The molecule has 0 aliphatic carbocycles. The van der Waals surface area contributed by atoms with E-state index in [4.69, 9.17) is 11.5 Å². The Labute approximate surface area is 96.0 Å².